The van der Waals surface area contributed by atoms with E-state index in [1.165, 1.54) is 31.2 Å². The van der Waals surface area contributed by atoms with E-state index in [0.717, 1.165) is 27.9 Å². The highest BCUT2D eigenvalue weighted by Gasteiger charge is 2.39. The molecule has 0 bridgehead atoms. The molecule has 0 fully saturated rings. The first-order chi connectivity index (χ1) is 15.7. The third-order valence-corrected chi connectivity index (χ3v) is 5.34. The summed E-state index contributed by atoms with van der Waals surface area (Å²) in [6.45, 7) is 1.34. The largest absolute Gasteiger partial charge is 0.573 e. The van der Waals surface area contributed by atoms with Crippen LogP contribution in [0.25, 0.3) is 11.4 Å². The van der Waals surface area contributed by atoms with Crippen molar-refractivity contribution in [2.24, 2.45) is 11.6 Å². The molecule has 3 aromatic rings. The van der Waals surface area contributed by atoms with Gasteiger partial charge < -0.3 is 10.5 Å². The van der Waals surface area contributed by atoms with E-state index in [1.54, 1.807) is 6.07 Å². The van der Waals surface area contributed by atoms with Gasteiger partial charge in [0.1, 0.15) is 16.7 Å². The van der Waals surface area contributed by atoms with Crippen LogP contribution < -0.4 is 21.3 Å². The average Bonchev–Trinajstić information content (AvgIpc) is 3.03. The lowest BCUT2D eigenvalue weighted by molar-refractivity contribution is -0.274. The number of ether oxygens (including phenoxy) is 1. The second-order valence-corrected chi connectivity index (χ2v) is 8.03. The van der Waals surface area contributed by atoms with Crippen molar-refractivity contribution < 1.29 is 31.1 Å². The van der Waals surface area contributed by atoms with Gasteiger partial charge in [0.2, 0.25) is 0 Å². The number of hydrogen-bond donors (Lipinski definition) is 2. The second kappa shape index (κ2) is 9.39. The van der Waals surface area contributed by atoms with Crippen molar-refractivity contribution in [3.8, 4) is 11.4 Å². The molecule has 0 saturated carbocycles. The van der Waals surface area contributed by atoms with Crippen LogP contribution in [0.15, 0.2) is 53.1 Å². The minimum Gasteiger partial charge on any atom is -0.406 e. The van der Waals surface area contributed by atoms with Gasteiger partial charge in [-0.25, -0.2) is 10.8 Å². The fourth-order valence-corrected chi connectivity index (χ4v) is 3.83. The molecule has 3 rings (SSSR count). The van der Waals surface area contributed by atoms with Crippen molar-refractivity contribution in [2.45, 2.75) is 19.5 Å². The molecule has 34 heavy (non-hydrogen) atoms. The van der Waals surface area contributed by atoms with E-state index in [-0.39, 0.29) is 22.9 Å². The number of anilines is 1. The molecule has 0 amide bonds. The average molecular weight is 571 g/mol. The Labute approximate surface area is 202 Å². The third kappa shape index (κ3) is 5.42. The number of nitrogens with two attached hydrogens (primary N) is 2. The van der Waals surface area contributed by atoms with Crippen molar-refractivity contribution in [3.63, 3.8) is 0 Å². The van der Waals surface area contributed by atoms with Crippen LogP contribution in [0.1, 0.15) is 17.1 Å². The van der Waals surface area contributed by atoms with E-state index in [4.69, 9.17) is 23.2 Å². The number of alkyl halides is 6. The van der Waals surface area contributed by atoms with Crippen LogP contribution in [0, 0.1) is 6.92 Å². The van der Waals surface area contributed by atoms with Gasteiger partial charge in [-0.05, 0) is 49.4 Å². The summed E-state index contributed by atoms with van der Waals surface area (Å²) in [4.78, 5) is 3.53. The molecule has 14 heteroatoms. The fraction of sp³-hybridized carbons (Fsp3) is 0.150. The Balaban J connectivity index is 2.07. The van der Waals surface area contributed by atoms with Crippen LogP contribution in [-0.2, 0) is 6.18 Å². The molecule has 0 aliphatic rings. The molecule has 0 saturated heterocycles. The number of aryl methyl sites for hydroxylation is 1. The Bertz CT molecular complexity index is 1220. The maximum atomic E-state index is 13.3. The predicted molar refractivity (Wildman–Crippen MR) is 118 cm³/mol. The summed E-state index contributed by atoms with van der Waals surface area (Å²) in [6.07, 6.45) is -8.56. The van der Waals surface area contributed by atoms with E-state index < -0.39 is 29.1 Å². The van der Waals surface area contributed by atoms with E-state index in [9.17, 15) is 26.3 Å². The first-order valence-corrected chi connectivity index (χ1v) is 10.3. The van der Waals surface area contributed by atoms with Crippen LogP contribution in [0.2, 0.25) is 5.15 Å². The molecule has 0 radical (unpaired) electrons. The number of hydrogen-bond acceptors (Lipinski definition) is 5. The lowest BCUT2D eigenvalue weighted by atomic mass is 10.1. The number of benzene rings is 2. The predicted octanol–water partition coefficient (Wildman–Crippen LogP) is 6.15. The summed E-state index contributed by atoms with van der Waals surface area (Å²) in [5.74, 6) is 5.76. The summed E-state index contributed by atoms with van der Waals surface area (Å²) in [7, 11) is 0. The van der Waals surface area contributed by atoms with E-state index >= 15 is 0 Å². The molecular weight excluding hydrogens is 556 g/mol. The summed E-state index contributed by atoms with van der Waals surface area (Å²) < 4.78 is 82.7. The number of halogens is 8. The summed E-state index contributed by atoms with van der Waals surface area (Å²) >= 11 is 9.31. The molecule has 0 aliphatic heterocycles. The first-order valence-electron chi connectivity index (χ1n) is 9.17. The monoisotopic (exact) mass is 569 g/mol. The van der Waals surface area contributed by atoms with E-state index in [1.807, 2.05) is 0 Å². The normalized spacial score (nSPS) is 12.7. The van der Waals surface area contributed by atoms with Crippen molar-refractivity contribution in [1.82, 2.24) is 9.55 Å². The molecule has 4 N–H and O–H groups in total. The molecule has 1 heterocycles. The fourth-order valence-electron chi connectivity index (χ4n) is 3.12. The van der Waals surface area contributed by atoms with Crippen molar-refractivity contribution in [3.05, 3.63) is 75.4 Å². The van der Waals surface area contributed by atoms with Gasteiger partial charge in [0, 0.05) is 16.2 Å². The zero-order valence-electron chi connectivity index (χ0n) is 17.0. The van der Waals surface area contributed by atoms with Crippen LogP contribution in [0.5, 0.6) is 5.75 Å². The minimum atomic E-state index is -4.86. The Morgan fingerprint density at radius 1 is 1.12 bits per heavy atom. The van der Waals surface area contributed by atoms with Gasteiger partial charge in [-0.2, -0.15) is 13.2 Å². The van der Waals surface area contributed by atoms with Crippen LogP contribution in [-0.4, -0.2) is 15.9 Å². The number of hydrazine groups is 1. The maximum absolute atomic E-state index is 13.3. The van der Waals surface area contributed by atoms with Crippen LogP contribution in [0.4, 0.5) is 32.0 Å². The van der Waals surface area contributed by atoms with Crippen LogP contribution in [0.3, 0.4) is 0 Å². The quantitative estimate of drug-likeness (QED) is 0.218. The number of aromatic nitrogens is 2. The highest BCUT2D eigenvalue weighted by atomic mass is 79.9. The Morgan fingerprint density at radius 2 is 1.74 bits per heavy atom. The van der Waals surface area contributed by atoms with Gasteiger partial charge in [-0.15, -0.1) is 13.2 Å². The number of rotatable bonds is 5. The highest BCUT2D eigenvalue weighted by Crippen LogP contribution is 2.39. The zero-order chi connectivity index (χ0) is 25.4. The summed E-state index contributed by atoms with van der Waals surface area (Å²) in [5.41, 5.74) is 5.20. The molecule has 1 aromatic heterocycles. The van der Waals surface area contributed by atoms with Crippen molar-refractivity contribution in [2.75, 3.05) is 5.01 Å². The van der Waals surface area contributed by atoms with Gasteiger partial charge in [0.05, 0.1) is 17.1 Å². The van der Waals surface area contributed by atoms with Gasteiger partial charge in [-0.1, -0.05) is 27.5 Å². The zero-order valence-corrected chi connectivity index (χ0v) is 19.4. The third-order valence-electron chi connectivity index (χ3n) is 4.50. The standard InChI is InChI=1S/C20H15BrClF6N5O/c1-10-31-17(19(23,24)25)18(22)32(10)14-7-4-12(21)8-15(14)33(30)16(9-29)11-2-5-13(6-3-11)34-20(26,27)28/h2-9H,29-30H2,1H3/b16-9-. The molecule has 6 nitrogen and oxygen atoms in total. The summed E-state index contributed by atoms with van der Waals surface area (Å²) in [6, 6.07) is 9.23. The number of imidazole rings is 1. The summed E-state index contributed by atoms with van der Waals surface area (Å²) in [5, 5.41) is 0.386. The number of nitrogens with zero attached hydrogens (tertiary/aromatic N) is 3. The minimum absolute atomic E-state index is 0.0544. The smallest absolute Gasteiger partial charge is 0.406 e. The van der Waals surface area contributed by atoms with E-state index in [0.29, 0.717) is 10.0 Å². The molecule has 0 spiro atoms. The van der Waals surface area contributed by atoms with Crippen molar-refractivity contribution in [1.29, 1.82) is 0 Å². The van der Waals surface area contributed by atoms with Crippen LogP contribution >= 0.6 is 27.5 Å². The van der Waals surface area contributed by atoms with E-state index in [2.05, 4.69) is 25.7 Å². The molecule has 2 aromatic carbocycles. The molecule has 0 aliphatic carbocycles. The van der Waals surface area contributed by atoms with Gasteiger partial charge in [0.25, 0.3) is 0 Å². The van der Waals surface area contributed by atoms with Crippen molar-refractivity contribution >= 4 is 38.9 Å². The first kappa shape index (κ1) is 25.7. The lowest BCUT2D eigenvalue weighted by Gasteiger charge is -2.26. The van der Waals surface area contributed by atoms with Gasteiger partial charge in [0.15, 0.2) is 5.69 Å². The SMILES string of the molecule is Cc1nc(C(F)(F)F)c(Cl)n1-c1ccc(Br)cc1N(N)/C(=C\N)c1ccc(OC(F)(F)F)cc1. The second-order valence-electron chi connectivity index (χ2n) is 6.76. The topological polar surface area (TPSA) is 82.3 Å². The molecular formula is C20H15BrClF6N5O. The Kier molecular flexibility index (Phi) is 7.10. The molecule has 0 atom stereocenters. The Morgan fingerprint density at radius 3 is 2.24 bits per heavy atom. The highest BCUT2D eigenvalue weighted by molar-refractivity contribution is 9.10. The molecule has 0 unspecified atom stereocenters. The molecule has 182 valence electrons. The maximum Gasteiger partial charge on any atom is 0.573 e. The van der Waals surface area contributed by atoms with Gasteiger partial charge in [-0.3, -0.25) is 9.58 Å². The van der Waals surface area contributed by atoms with Gasteiger partial charge >= 0.3 is 12.5 Å². The Hall–Kier alpha value is -2.90. The lowest BCUT2D eigenvalue weighted by Crippen LogP contribution is -2.31.